The molecule has 2 heterocycles. The van der Waals surface area contributed by atoms with Gasteiger partial charge in [-0.25, -0.2) is 0 Å². The van der Waals surface area contributed by atoms with Crippen LogP contribution in [0.4, 0.5) is 5.82 Å². The van der Waals surface area contributed by atoms with Crippen molar-refractivity contribution in [2.75, 3.05) is 5.32 Å². The zero-order chi connectivity index (χ0) is 16.0. The summed E-state index contributed by atoms with van der Waals surface area (Å²) in [6.45, 7) is 3.95. The number of aromatic amines is 1. The molecular formula is C18H17N3OS. The van der Waals surface area contributed by atoms with E-state index in [9.17, 15) is 4.79 Å². The highest BCUT2D eigenvalue weighted by atomic mass is 32.2. The van der Waals surface area contributed by atoms with Crippen LogP contribution in [0.5, 0.6) is 0 Å². The number of hydrogen-bond donors (Lipinski definition) is 2. The number of H-pyrrole nitrogens is 1. The van der Waals surface area contributed by atoms with Crippen molar-refractivity contribution < 1.29 is 4.79 Å². The van der Waals surface area contributed by atoms with Crippen molar-refractivity contribution in [1.29, 1.82) is 0 Å². The van der Waals surface area contributed by atoms with Crippen molar-refractivity contribution in [3.63, 3.8) is 0 Å². The fraction of sp³-hybridized carbons (Fsp3) is 0.222. The molecule has 4 rings (SSSR count). The molecule has 5 heteroatoms. The predicted molar refractivity (Wildman–Crippen MR) is 94.8 cm³/mol. The van der Waals surface area contributed by atoms with E-state index in [1.807, 2.05) is 13.8 Å². The fourth-order valence-corrected chi connectivity index (χ4v) is 4.48. The normalized spacial score (nSPS) is 20.9. The van der Waals surface area contributed by atoms with Crippen LogP contribution in [0.2, 0.25) is 0 Å². The number of anilines is 1. The van der Waals surface area contributed by atoms with Gasteiger partial charge >= 0.3 is 0 Å². The average Bonchev–Trinajstić information content (AvgIpc) is 2.86. The molecule has 0 spiro atoms. The second-order valence-electron chi connectivity index (χ2n) is 5.83. The molecule has 0 fully saturated rings. The van der Waals surface area contributed by atoms with Crippen LogP contribution in [-0.2, 0) is 4.79 Å². The summed E-state index contributed by atoms with van der Waals surface area (Å²) in [5.41, 5.74) is 3.30. The highest BCUT2D eigenvalue weighted by molar-refractivity contribution is 8.01. The van der Waals surface area contributed by atoms with E-state index in [1.54, 1.807) is 11.8 Å². The number of fused-ring (bicyclic) bond motifs is 2. The summed E-state index contributed by atoms with van der Waals surface area (Å²) in [6.07, 6.45) is 0. The lowest BCUT2D eigenvalue weighted by molar-refractivity contribution is -0.115. The van der Waals surface area contributed by atoms with Crippen LogP contribution in [-0.4, -0.2) is 21.4 Å². The molecule has 0 bridgehead atoms. The molecule has 1 aliphatic rings. The Hall–Kier alpha value is -2.27. The number of aromatic nitrogens is 2. The lowest BCUT2D eigenvalue weighted by Gasteiger charge is -2.19. The van der Waals surface area contributed by atoms with E-state index in [-0.39, 0.29) is 16.4 Å². The maximum atomic E-state index is 12.2. The Balaban J connectivity index is 1.96. The van der Waals surface area contributed by atoms with Gasteiger partial charge < -0.3 is 5.32 Å². The molecule has 1 aromatic heterocycles. The first-order chi connectivity index (χ1) is 11.1. The van der Waals surface area contributed by atoms with Gasteiger partial charge in [-0.2, -0.15) is 5.10 Å². The minimum Gasteiger partial charge on any atom is -0.308 e. The van der Waals surface area contributed by atoms with E-state index < -0.39 is 0 Å². The second-order valence-corrected chi connectivity index (χ2v) is 7.28. The fourth-order valence-electron chi connectivity index (χ4n) is 3.11. The number of benzene rings is 2. The van der Waals surface area contributed by atoms with Gasteiger partial charge in [0.25, 0.3) is 0 Å². The maximum absolute atomic E-state index is 12.2. The number of carbonyl (C=O) groups is 1. The zero-order valence-electron chi connectivity index (χ0n) is 13.0. The summed E-state index contributed by atoms with van der Waals surface area (Å²) >= 11 is 1.67. The molecule has 2 atom stereocenters. The third-order valence-corrected chi connectivity index (χ3v) is 5.70. The van der Waals surface area contributed by atoms with E-state index in [2.05, 4.69) is 58.0 Å². The minimum absolute atomic E-state index is 0.00508. The largest absolute Gasteiger partial charge is 0.308 e. The topological polar surface area (TPSA) is 57.8 Å². The van der Waals surface area contributed by atoms with Crippen molar-refractivity contribution >= 4 is 34.3 Å². The first-order valence-electron chi connectivity index (χ1n) is 7.64. The second kappa shape index (κ2) is 5.42. The molecule has 2 N–H and O–H groups in total. The lowest BCUT2D eigenvalue weighted by Crippen LogP contribution is -2.21. The first-order valence-corrected chi connectivity index (χ1v) is 8.58. The molecular weight excluding hydrogens is 306 g/mol. The molecule has 0 aliphatic carbocycles. The summed E-state index contributed by atoms with van der Waals surface area (Å²) in [5, 5.41) is 12.6. The summed E-state index contributed by atoms with van der Waals surface area (Å²) in [7, 11) is 0. The molecule has 3 aromatic rings. The third kappa shape index (κ3) is 2.32. The number of rotatable bonds is 1. The van der Waals surface area contributed by atoms with Crippen molar-refractivity contribution in [2.45, 2.75) is 24.3 Å². The SMILES string of the molecule is Cc1[nH]nc2c1[C@H](c1cccc3ccccc13)S[C@H](C)C(=O)N2. The minimum atomic E-state index is -0.132. The monoisotopic (exact) mass is 323 g/mol. The standard InChI is InChI=1S/C18H17N3OS/c1-10-15-16(23-11(2)18(22)19-17(15)21-20-10)14-9-5-7-12-6-3-4-8-13(12)14/h3-9,11,16H,1-2H3,(H2,19,20,21,22)/t11-,16+/m1/s1. The summed E-state index contributed by atoms with van der Waals surface area (Å²) in [5.74, 6) is 0.660. The highest BCUT2D eigenvalue weighted by Gasteiger charge is 2.32. The van der Waals surface area contributed by atoms with Crippen LogP contribution in [0.1, 0.15) is 29.0 Å². The van der Waals surface area contributed by atoms with E-state index in [1.165, 1.54) is 16.3 Å². The Morgan fingerprint density at radius 2 is 1.91 bits per heavy atom. The van der Waals surface area contributed by atoms with Gasteiger partial charge in [0.15, 0.2) is 5.82 Å². The molecule has 4 nitrogen and oxygen atoms in total. The number of thioether (sulfide) groups is 1. The molecule has 1 amide bonds. The number of aryl methyl sites for hydroxylation is 1. The quantitative estimate of drug-likeness (QED) is 0.711. The van der Waals surface area contributed by atoms with Crippen LogP contribution in [0.3, 0.4) is 0 Å². The Morgan fingerprint density at radius 1 is 1.13 bits per heavy atom. The van der Waals surface area contributed by atoms with E-state index in [0.717, 1.165) is 11.3 Å². The molecule has 23 heavy (non-hydrogen) atoms. The van der Waals surface area contributed by atoms with Gasteiger partial charge in [-0.1, -0.05) is 42.5 Å². The summed E-state index contributed by atoms with van der Waals surface area (Å²) < 4.78 is 0. The van der Waals surface area contributed by atoms with Crippen molar-refractivity contribution in [1.82, 2.24) is 10.2 Å². The summed E-state index contributed by atoms with van der Waals surface area (Å²) in [4.78, 5) is 12.2. The number of hydrogen-bond acceptors (Lipinski definition) is 3. The van der Waals surface area contributed by atoms with Gasteiger partial charge in [0.1, 0.15) is 0 Å². The van der Waals surface area contributed by atoms with Crippen molar-refractivity contribution in [2.24, 2.45) is 0 Å². The number of nitrogens with one attached hydrogen (secondary N) is 2. The maximum Gasteiger partial charge on any atom is 0.238 e. The van der Waals surface area contributed by atoms with Crippen LogP contribution in [0.25, 0.3) is 10.8 Å². The zero-order valence-corrected chi connectivity index (χ0v) is 13.8. The predicted octanol–water partition coefficient (Wildman–Crippen LogP) is 4.03. The Bertz CT molecular complexity index is 897. The molecule has 0 saturated heterocycles. The van der Waals surface area contributed by atoms with Gasteiger partial charge in [0, 0.05) is 11.3 Å². The highest BCUT2D eigenvalue weighted by Crippen LogP contribution is 2.46. The molecule has 2 aromatic carbocycles. The van der Waals surface area contributed by atoms with Gasteiger partial charge in [-0.15, -0.1) is 11.8 Å². The molecule has 1 aliphatic heterocycles. The Morgan fingerprint density at radius 3 is 2.78 bits per heavy atom. The number of nitrogens with zero attached hydrogens (tertiary/aromatic N) is 1. The third-order valence-electron chi connectivity index (χ3n) is 4.31. The molecule has 0 unspecified atom stereocenters. The van der Waals surface area contributed by atoms with Gasteiger partial charge in [-0.3, -0.25) is 9.89 Å². The first kappa shape index (κ1) is 14.3. The Labute approximate surface area is 138 Å². The van der Waals surface area contributed by atoms with Crippen LogP contribution < -0.4 is 5.32 Å². The smallest absolute Gasteiger partial charge is 0.238 e. The van der Waals surface area contributed by atoms with Gasteiger partial charge in [-0.05, 0) is 30.2 Å². The van der Waals surface area contributed by atoms with Gasteiger partial charge in [0.05, 0.1) is 10.5 Å². The number of carbonyl (C=O) groups excluding carboxylic acids is 1. The van der Waals surface area contributed by atoms with E-state index in [0.29, 0.717) is 5.82 Å². The van der Waals surface area contributed by atoms with E-state index >= 15 is 0 Å². The summed E-state index contributed by atoms with van der Waals surface area (Å²) in [6, 6.07) is 14.7. The van der Waals surface area contributed by atoms with E-state index in [4.69, 9.17) is 0 Å². The molecule has 116 valence electrons. The van der Waals surface area contributed by atoms with Crippen LogP contribution in [0.15, 0.2) is 42.5 Å². The van der Waals surface area contributed by atoms with Gasteiger partial charge in [0.2, 0.25) is 5.91 Å². The molecule has 0 saturated carbocycles. The Kier molecular flexibility index (Phi) is 3.38. The van der Waals surface area contributed by atoms with Crippen molar-refractivity contribution in [3.05, 3.63) is 59.3 Å². The average molecular weight is 323 g/mol. The lowest BCUT2D eigenvalue weighted by atomic mass is 9.98. The van der Waals surface area contributed by atoms with Crippen LogP contribution >= 0.6 is 11.8 Å². The molecule has 0 radical (unpaired) electrons. The van der Waals surface area contributed by atoms with Crippen LogP contribution in [0, 0.1) is 6.92 Å². The number of amides is 1. The van der Waals surface area contributed by atoms with Crippen molar-refractivity contribution in [3.8, 4) is 0 Å².